The van der Waals surface area contributed by atoms with Crippen LogP contribution in [0.3, 0.4) is 0 Å². The van der Waals surface area contributed by atoms with Crippen molar-refractivity contribution in [3.05, 3.63) is 53.1 Å². The number of nitrogens with zero attached hydrogens (tertiary/aromatic N) is 2. The highest BCUT2D eigenvalue weighted by molar-refractivity contribution is 7.92. The van der Waals surface area contributed by atoms with Gasteiger partial charge in [0.1, 0.15) is 0 Å². The highest BCUT2D eigenvalue weighted by Crippen LogP contribution is 2.32. The van der Waals surface area contributed by atoms with Crippen molar-refractivity contribution >= 4 is 38.9 Å². The number of anilines is 2. The van der Waals surface area contributed by atoms with Crippen LogP contribution in [0.1, 0.15) is 12.5 Å². The van der Waals surface area contributed by atoms with Crippen molar-refractivity contribution in [2.75, 3.05) is 35.8 Å². The summed E-state index contributed by atoms with van der Waals surface area (Å²) >= 11 is 6.11. The van der Waals surface area contributed by atoms with E-state index in [1.165, 1.54) is 0 Å². The minimum Gasteiger partial charge on any atom is -0.366 e. The lowest BCUT2D eigenvalue weighted by Crippen LogP contribution is -2.48. The van der Waals surface area contributed by atoms with Crippen molar-refractivity contribution in [1.82, 2.24) is 4.90 Å². The molecule has 1 N–H and O–H groups in total. The number of halogens is 1. The third-order valence-electron chi connectivity index (χ3n) is 4.60. The molecule has 1 heterocycles. The number of piperazine rings is 1. The van der Waals surface area contributed by atoms with E-state index in [1.54, 1.807) is 54.3 Å². The smallest absolute Gasteiger partial charge is 0.261 e. The number of amides is 1. The molecule has 0 spiro atoms. The molecule has 8 heteroatoms. The number of carbonyl (C=O) groups is 1. The molecule has 6 nitrogen and oxygen atoms in total. The largest absolute Gasteiger partial charge is 0.366 e. The van der Waals surface area contributed by atoms with Crippen LogP contribution in [0.4, 0.5) is 11.4 Å². The van der Waals surface area contributed by atoms with Crippen LogP contribution in [0.5, 0.6) is 0 Å². The van der Waals surface area contributed by atoms with E-state index in [2.05, 4.69) is 9.62 Å². The summed E-state index contributed by atoms with van der Waals surface area (Å²) < 4.78 is 28.2. The van der Waals surface area contributed by atoms with Crippen LogP contribution in [0.15, 0.2) is 47.4 Å². The second-order valence-electron chi connectivity index (χ2n) is 6.57. The maximum atomic E-state index is 12.8. The molecule has 1 fully saturated rings. The number of carbonyl (C=O) groups excluding carboxylic acids is 1. The van der Waals surface area contributed by atoms with Gasteiger partial charge in [-0.15, -0.1) is 0 Å². The van der Waals surface area contributed by atoms with Gasteiger partial charge in [-0.1, -0.05) is 29.3 Å². The van der Waals surface area contributed by atoms with Crippen molar-refractivity contribution in [3.8, 4) is 0 Å². The third-order valence-corrected chi connectivity index (χ3v) is 6.22. The van der Waals surface area contributed by atoms with E-state index in [-0.39, 0.29) is 10.8 Å². The molecule has 1 aliphatic heterocycles. The van der Waals surface area contributed by atoms with Crippen molar-refractivity contribution in [2.45, 2.75) is 18.7 Å². The molecule has 0 aliphatic carbocycles. The van der Waals surface area contributed by atoms with Gasteiger partial charge in [0.25, 0.3) is 10.0 Å². The fourth-order valence-electron chi connectivity index (χ4n) is 3.05. The van der Waals surface area contributed by atoms with E-state index < -0.39 is 10.0 Å². The zero-order valence-corrected chi connectivity index (χ0v) is 16.8. The van der Waals surface area contributed by atoms with Gasteiger partial charge in [0.2, 0.25) is 5.91 Å². The van der Waals surface area contributed by atoms with Crippen LogP contribution in [0.25, 0.3) is 0 Å². The fourth-order valence-corrected chi connectivity index (χ4v) is 4.29. The predicted molar refractivity (Wildman–Crippen MR) is 108 cm³/mol. The molecule has 0 unspecified atom stereocenters. The van der Waals surface area contributed by atoms with Gasteiger partial charge in [0.05, 0.1) is 16.3 Å². The lowest BCUT2D eigenvalue weighted by atomic mass is 10.2. The summed E-state index contributed by atoms with van der Waals surface area (Å²) in [7, 11) is -3.73. The van der Waals surface area contributed by atoms with Crippen LogP contribution < -0.4 is 9.62 Å². The number of rotatable bonds is 4. The first-order chi connectivity index (χ1) is 12.8. The van der Waals surface area contributed by atoms with E-state index in [1.807, 2.05) is 6.92 Å². The Labute approximate surface area is 164 Å². The monoisotopic (exact) mass is 407 g/mol. The molecule has 0 bridgehead atoms. The van der Waals surface area contributed by atoms with Crippen LogP contribution >= 0.6 is 11.6 Å². The summed E-state index contributed by atoms with van der Waals surface area (Å²) in [6, 6.07) is 11.8. The summed E-state index contributed by atoms with van der Waals surface area (Å²) in [5.74, 6) is 0.0473. The number of hydrogen-bond acceptors (Lipinski definition) is 4. The molecule has 1 amide bonds. The minimum atomic E-state index is -3.73. The van der Waals surface area contributed by atoms with E-state index in [9.17, 15) is 13.2 Å². The van der Waals surface area contributed by atoms with Gasteiger partial charge in [0, 0.05) is 38.1 Å². The lowest BCUT2D eigenvalue weighted by molar-refractivity contribution is -0.129. The third kappa shape index (κ3) is 4.54. The molecule has 1 saturated heterocycles. The zero-order chi connectivity index (χ0) is 19.6. The van der Waals surface area contributed by atoms with E-state index in [0.717, 1.165) is 11.3 Å². The van der Waals surface area contributed by atoms with E-state index in [4.69, 9.17) is 11.6 Å². The first kappa shape index (κ1) is 19.5. The fraction of sp³-hybridized carbons (Fsp3) is 0.316. The summed E-state index contributed by atoms with van der Waals surface area (Å²) in [6.07, 6.45) is 0. The standard InChI is InChI=1S/C19H22ClN3O3S/c1-14-3-6-17(7-4-14)27(25,26)21-18-13-16(20)5-8-19(18)23-11-9-22(10-12-23)15(2)24/h3-8,13,21H,9-12H2,1-2H3. The van der Waals surface area contributed by atoms with Crippen molar-refractivity contribution in [2.24, 2.45) is 0 Å². The maximum Gasteiger partial charge on any atom is 0.261 e. The first-order valence-corrected chi connectivity index (χ1v) is 10.5. The Bertz CT molecular complexity index is 937. The summed E-state index contributed by atoms with van der Waals surface area (Å²) in [4.78, 5) is 15.6. The van der Waals surface area contributed by atoms with Gasteiger partial charge >= 0.3 is 0 Å². The minimum absolute atomic E-state index is 0.0473. The second kappa shape index (κ2) is 7.78. The topological polar surface area (TPSA) is 69.7 Å². The maximum absolute atomic E-state index is 12.8. The van der Waals surface area contributed by atoms with Crippen molar-refractivity contribution < 1.29 is 13.2 Å². The molecule has 0 aromatic heterocycles. The normalized spacial score (nSPS) is 14.9. The first-order valence-electron chi connectivity index (χ1n) is 8.66. The van der Waals surface area contributed by atoms with Crippen molar-refractivity contribution in [3.63, 3.8) is 0 Å². The van der Waals surface area contributed by atoms with Gasteiger partial charge in [-0.3, -0.25) is 9.52 Å². The van der Waals surface area contributed by atoms with Crippen LogP contribution in [0, 0.1) is 6.92 Å². The lowest BCUT2D eigenvalue weighted by Gasteiger charge is -2.36. The molecule has 27 heavy (non-hydrogen) atoms. The number of benzene rings is 2. The molecule has 2 aromatic carbocycles. The zero-order valence-electron chi connectivity index (χ0n) is 15.3. The van der Waals surface area contributed by atoms with Gasteiger partial charge in [-0.05, 0) is 37.3 Å². The Morgan fingerprint density at radius 2 is 1.67 bits per heavy atom. The average molecular weight is 408 g/mol. The molecule has 0 saturated carbocycles. The van der Waals surface area contributed by atoms with E-state index >= 15 is 0 Å². The molecule has 3 rings (SSSR count). The van der Waals surface area contributed by atoms with Crippen LogP contribution in [-0.4, -0.2) is 45.4 Å². The molecular formula is C19H22ClN3O3S. The molecule has 0 atom stereocenters. The molecule has 0 radical (unpaired) electrons. The highest BCUT2D eigenvalue weighted by Gasteiger charge is 2.23. The Kier molecular flexibility index (Phi) is 5.62. The number of hydrogen-bond donors (Lipinski definition) is 1. The number of sulfonamides is 1. The Morgan fingerprint density at radius 3 is 2.26 bits per heavy atom. The Hall–Kier alpha value is -2.25. The quantitative estimate of drug-likeness (QED) is 0.845. The summed E-state index contributed by atoms with van der Waals surface area (Å²) in [5, 5.41) is 0.447. The number of nitrogens with one attached hydrogen (secondary N) is 1. The van der Waals surface area contributed by atoms with E-state index in [0.29, 0.717) is 36.9 Å². The van der Waals surface area contributed by atoms with Crippen molar-refractivity contribution in [1.29, 1.82) is 0 Å². The average Bonchev–Trinajstić information content (AvgIpc) is 2.62. The SMILES string of the molecule is CC(=O)N1CCN(c2ccc(Cl)cc2NS(=O)(=O)c2ccc(C)cc2)CC1. The Morgan fingerprint density at radius 1 is 1.04 bits per heavy atom. The molecule has 144 valence electrons. The van der Waals surface area contributed by atoms with Gasteiger partial charge in [-0.2, -0.15) is 0 Å². The van der Waals surface area contributed by atoms with Crippen LogP contribution in [0.2, 0.25) is 5.02 Å². The molecule has 2 aromatic rings. The summed E-state index contributed by atoms with van der Waals surface area (Å²) in [6.45, 7) is 5.91. The van der Waals surface area contributed by atoms with Gasteiger partial charge in [0.15, 0.2) is 0 Å². The van der Waals surface area contributed by atoms with Gasteiger partial charge < -0.3 is 9.80 Å². The molecule has 1 aliphatic rings. The van der Waals surface area contributed by atoms with Crippen LogP contribution in [-0.2, 0) is 14.8 Å². The molecular weight excluding hydrogens is 386 g/mol. The predicted octanol–water partition coefficient (Wildman–Crippen LogP) is 3.12. The summed E-state index contributed by atoms with van der Waals surface area (Å²) in [5.41, 5.74) is 2.17. The number of aryl methyl sites for hydroxylation is 1. The Balaban J connectivity index is 1.86. The highest BCUT2D eigenvalue weighted by atomic mass is 35.5. The second-order valence-corrected chi connectivity index (χ2v) is 8.69. The van der Waals surface area contributed by atoms with Gasteiger partial charge in [-0.25, -0.2) is 8.42 Å².